The number of nitrogens with zero attached hydrogens (tertiary/aromatic N) is 1. The Bertz CT molecular complexity index is 304. The van der Waals surface area contributed by atoms with E-state index in [1.54, 1.807) is 26.4 Å². The Hall–Kier alpha value is -1.49. The van der Waals surface area contributed by atoms with E-state index in [9.17, 15) is 0 Å². The smallest absolute Gasteiger partial charge is 0.215 e. The molecule has 0 bridgehead atoms. The first kappa shape index (κ1) is 10.6. The van der Waals surface area contributed by atoms with Gasteiger partial charge in [-0.15, -0.1) is 0 Å². The van der Waals surface area contributed by atoms with Gasteiger partial charge in [0.15, 0.2) is 5.82 Å². The van der Waals surface area contributed by atoms with Gasteiger partial charge < -0.3 is 20.5 Å². The second-order valence-electron chi connectivity index (χ2n) is 2.81. The molecule has 0 aliphatic rings. The summed E-state index contributed by atoms with van der Waals surface area (Å²) in [5, 5.41) is 3.00. The number of nitrogens with two attached hydrogens (primary N) is 1. The average molecular weight is 197 g/mol. The van der Waals surface area contributed by atoms with Crippen molar-refractivity contribution in [3.63, 3.8) is 0 Å². The van der Waals surface area contributed by atoms with E-state index in [-0.39, 0.29) is 6.23 Å². The van der Waals surface area contributed by atoms with Gasteiger partial charge in [0.1, 0.15) is 6.23 Å². The summed E-state index contributed by atoms with van der Waals surface area (Å²) in [6, 6.07) is 3.44. The third-order valence-corrected chi connectivity index (χ3v) is 1.80. The molecule has 3 N–H and O–H groups in total. The Kier molecular flexibility index (Phi) is 3.53. The summed E-state index contributed by atoms with van der Waals surface area (Å²) in [5.41, 5.74) is 6.28. The lowest BCUT2D eigenvalue weighted by molar-refractivity contribution is 0.140. The van der Waals surface area contributed by atoms with Crippen molar-refractivity contribution in [1.82, 2.24) is 4.98 Å². The average Bonchev–Trinajstić information content (AvgIpc) is 2.21. The molecule has 0 aliphatic heterocycles. The fourth-order valence-electron chi connectivity index (χ4n) is 0.933. The topological polar surface area (TPSA) is 69.4 Å². The third kappa shape index (κ3) is 2.50. The molecule has 0 radical (unpaired) electrons. The van der Waals surface area contributed by atoms with Gasteiger partial charge in [0.2, 0.25) is 5.88 Å². The van der Waals surface area contributed by atoms with Crippen LogP contribution >= 0.6 is 0 Å². The number of hydrogen-bond acceptors (Lipinski definition) is 5. The molecule has 1 aromatic heterocycles. The van der Waals surface area contributed by atoms with Gasteiger partial charge in [-0.1, -0.05) is 0 Å². The quantitative estimate of drug-likeness (QED) is 0.707. The molecule has 5 nitrogen and oxygen atoms in total. The maximum atomic E-state index is 5.71. The molecule has 78 valence electrons. The van der Waals surface area contributed by atoms with E-state index in [0.29, 0.717) is 17.4 Å². The van der Waals surface area contributed by atoms with Crippen LogP contribution in [0.15, 0.2) is 12.1 Å². The highest BCUT2D eigenvalue weighted by Gasteiger charge is 2.05. The molecule has 1 rings (SSSR count). The second-order valence-corrected chi connectivity index (χ2v) is 2.81. The van der Waals surface area contributed by atoms with E-state index in [0.717, 1.165) is 0 Å². The van der Waals surface area contributed by atoms with Gasteiger partial charge in [-0.05, 0) is 13.0 Å². The van der Waals surface area contributed by atoms with Crippen LogP contribution in [0.2, 0.25) is 0 Å². The molecule has 5 heteroatoms. The summed E-state index contributed by atoms with van der Waals surface area (Å²) in [7, 11) is 3.16. The van der Waals surface area contributed by atoms with Crippen LogP contribution in [0, 0.1) is 0 Å². The SMILES string of the molecule is COc1ccc(N)c(NC(C)OC)n1. The minimum Gasteiger partial charge on any atom is -0.481 e. The number of hydrogen-bond donors (Lipinski definition) is 2. The van der Waals surface area contributed by atoms with E-state index >= 15 is 0 Å². The van der Waals surface area contributed by atoms with E-state index < -0.39 is 0 Å². The highest BCUT2D eigenvalue weighted by atomic mass is 16.5. The summed E-state index contributed by atoms with van der Waals surface area (Å²) in [4.78, 5) is 4.14. The Labute approximate surface area is 83.2 Å². The molecule has 1 heterocycles. The number of anilines is 2. The number of nitrogens with one attached hydrogen (secondary N) is 1. The Morgan fingerprint density at radius 2 is 2.14 bits per heavy atom. The van der Waals surface area contributed by atoms with Crippen LogP contribution in [0.4, 0.5) is 11.5 Å². The van der Waals surface area contributed by atoms with Crippen molar-refractivity contribution in [3.05, 3.63) is 12.1 Å². The van der Waals surface area contributed by atoms with E-state index in [1.165, 1.54) is 0 Å². The largest absolute Gasteiger partial charge is 0.481 e. The minimum atomic E-state index is -0.142. The Balaban J connectivity index is 2.83. The third-order valence-electron chi connectivity index (χ3n) is 1.80. The van der Waals surface area contributed by atoms with Gasteiger partial charge in [0.25, 0.3) is 0 Å². The molecule has 0 aromatic carbocycles. The highest BCUT2D eigenvalue weighted by Crippen LogP contribution is 2.20. The number of nitrogen functional groups attached to an aromatic ring is 1. The minimum absolute atomic E-state index is 0.142. The molecule has 1 atom stereocenters. The fourth-order valence-corrected chi connectivity index (χ4v) is 0.933. The molecule has 0 aliphatic carbocycles. The van der Waals surface area contributed by atoms with Gasteiger partial charge in [0.05, 0.1) is 12.8 Å². The van der Waals surface area contributed by atoms with Crippen LogP contribution in [0.5, 0.6) is 5.88 Å². The van der Waals surface area contributed by atoms with Crippen molar-refractivity contribution in [2.45, 2.75) is 13.2 Å². The van der Waals surface area contributed by atoms with Crippen LogP contribution in [-0.4, -0.2) is 25.4 Å². The maximum Gasteiger partial charge on any atom is 0.215 e. The lowest BCUT2D eigenvalue weighted by Gasteiger charge is -2.14. The number of aromatic nitrogens is 1. The molecule has 0 saturated heterocycles. The van der Waals surface area contributed by atoms with Crippen molar-refractivity contribution in [3.8, 4) is 5.88 Å². The summed E-state index contributed by atoms with van der Waals surface area (Å²) in [6.07, 6.45) is -0.142. The molecule has 1 aromatic rings. The lowest BCUT2D eigenvalue weighted by atomic mass is 10.4. The molecule has 0 saturated carbocycles. The molecule has 14 heavy (non-hydrogen) atoms. The van der Waals surface area contributed by atoms with Crippen molar-refractivity contribution >= 4 is 11.5 Å². The first-order valence-electron chi connectivity index (χ1n) is 4.27. The van der Waals surface area contributed by atoms with Crippen LogP contribution in [-0.2, 0) is 4.74 Å². The maximum absolute atomic E-state index is 5.71. The zero-order valence-corrected chi connectivity index (χ0v) is 8.57. The normalized spacial score (nSPS) is 12.2. The first-order valence-corrected chi connectivity index (χ1v) is 4.27. The molecular weight excluding hydrogens is 182 g/mol. The zero-order chi connectivity index (χ0) is 10.6. The van der Waals surface area contributed by atoms with E-state index in [4.69, 9.17) is 15.2 Å². The summed E-state index contributed by atoms with van der Waals surface area (Å²) in [5.74, 6) is 1.09. The van der Waals surface area contributed by atoms with Crippen molar-refractivity contribution in [2.24, 2.45) is 0 Å². The van der Waals surface area contributed by atoms with Gasteiger partial charge >= 0.3 is 0 Å². The van der Waals surface area contributed by atoms with Gasteiger partial charge in [-0.3, -0.25) is 0 Å². The van der Waals surface area contributed by atoms with Crippen LogP contribution < -0.4 is 15.8 Å². The number of methoxy groups -OCH3 is 2. The number of rotatable bonds is 4. The van der Waals surface area contributed by atoms with E-state index in [1.807, 2.05) is 6.92 Å². The van der Waals surface area contributed by atoms with Crippen LogP contribution in [0.1, 0.15) is 6.92 Å². The molecular formula is C9H15N3O2. The zero-order valence-electron chi connectivity index (χ0n) is 8.57. The monoisotopic (exact) mass is 197 g/mol. The van der Waals surface area contributed by atoms with Crippen molar-refractivity contribution < 1.29 is 9.47 Å². The van der Waals surface area contributed by atoms with Gasteiger partial charge in [0, 0.05) is 13.2 Å². The first-order chi connectivity index (χ1) is 6.67. The highest BCUT2D eigenvalue weighted by molar-refractivity contribution is 5.62. The Morgan fingerprint density at radius 1 is 1.43 bits per heavy atom. The van der Waals surface area contributed by atoms with Crippen molar-refractivity contribution in [2.75, 3.05) is 25.3 Å². The van der Waals surface area contributed by atoms with Crippen molar-refractivity contribution in [1.29, 1.82) is 0 Å². The predicted molar refractivity (Wildman–Crippen MR) is 55.3 cm³/mol. The molecule has 1 unspecified atom stereocenters. The van der Waals surface area contributed by atoms with E-state index in [2.05, 4.69) is 10.3 Å². The second kappa shape index (κ2) is 4.66. The number of ether oxygens (including phenoxy) is 2. The Morgan fingerprint density at radius 3 is 2.71 bits per heavy atom. The van der Waals surface area contributed by atoms with Crippen LogP contribution in [0.25, 0.3) is 0 Å². The summed E-state index contributed by atoms with van der Waals surface area (Å²) < 4.78 is 10.0. The molecule has 0 spiro atoms. The predicted octanol–water partition coefficient (Wildman–Crippen LogP) is 1.08. The van der Waals surface area contributed by atoms with Crippen LogP contribution in [0.3, 0.4) is 0 Å². The molecule has 0 fully saturated rings. The number of pyridine rings is 1. The summed E-state index contributed by atoms with van der Waals surface area (Å²) >= 11 is 0. The molecule has 0 amide bonds. The van der Waals surface area contributed by atoms with Gasteiger partial charge in [-0.25, -0.2) is 0 Å². The lowest BCUT2D eigenvalue weighted by Crippen LogP contribution is -2.18. The fraction of sp³-hybridized carbons (Fsp3) is 0.444. The standard InChI is InChI=1S/C9H15N3O2/c1-6(13-2)11-9-7(10)4-5-8(12-9)14-3/h4-6H,10H2,1-3H3,(H,11,12). The summed E-state index contributed by atoms with van der Waals surface area (Å²) in [6.45, 7) is 1.86. The van der Waals surface area contributed by atoms with Gasteiger partial charge in [-0.2, -0.15) is 4.98 Å².